The molecule has 69 valence electrons. The molecule has 2 N–H and O–H groups in total. The van der Waals surface area contributed by atoms with E-state index in [-0.39, 0.29) is 12.4 Å². The van der Waals surface area contributed by atoms with Gasteiger partial charge in [-0.25, -0.2) is 4.39 Å². The van der Waals surface area contributed by atoms with Crippen molar-refractivity contribution in [2.75, 3.05) is 6.54 Å². The van der Waals surface area contributed by atoms with Gasteiger partial charge in [0.15, 0.2) is 0 Å². The molecule has 0 saturated heterocycles. The summed E-state index contributed by atoms with van der Waals surface area (Å²) < 4.78 is 12.4. The fraction of sp³-hybridized carbons (Fsp3) is 0.222. The summed E-state index contributed by atoms with van der Waals surface area (Å²) >= 11 is 0. The predicted molar refractivity (Wildman–Crippen MR) is 45.1 cm³/mol. The summed E-state index contributed by atoms with van der Waals surface area (Å²) in [5.41, 5.74) is 0.559. The van der Waals surface area contributed by atoms with E-state index in [1.807, 2.05) is 0 Å². The van der Waals surface area contributed by atoms with Gasteiger partial charge < -0.3 is 10.4 Å². The molecule has 0 aliphatic heterocycles. The molecule has 0 aliphatic carbocycles. The van der Waals surface area contributed by atoms with Crippen LogP contribution in [0.25, 0.3) is 0 Å². The largest absolute Gasteiger partial charge is 0.387 e. The highest BCUT2D eigenvalue weighted by Crippen LogP contribution is 2.11. The molecule has 0 saturated carbocycles. The van der Waals surface area contributed by atoms with Crippen LogP contribution in [-0.4, -0.2) is 18.1 Å². The van der Waals surface area contributed by atoms with Gasteiger partial charge in [-0.1, -0.05) is 12.1 Å². The molecule has 0 spiro atoms. The van der Waals surface area contributed by atoms with Crippen molar-refractivity contribution in [1.29, 1.82) is 0 Å². The standard InChI is InChI=1S/C9H9FNO2/c10-8-3-1-7(2-4-8)9(13)5-11-6-12/h1-4,9,13H,5H2,(H,11,12). The van der Waals surface area contributed by atoms with Crippen LogP contribution >= 0.6 is 0 Å². The smallest absolute Gasteiger partial charge is 0.309 e. The maximum atomic E-state index is 12.4. The van der Waals surface area contributed by atoms with Gasteiger partial charge in [0.25, 0.3) is 0 Å². The molecule has 1 aromatic rings. The normalized spacial score (nSPS) is 12.2. The molecule has 0 aliphatic rings. The van der Waals surface area contributed by atoms with E-state index >= 15 is 0 Å². The van der Waals surface area contributed by atoms with Gasteiger partial charge in [0.05, 0.1) is 6.10 Å². The number of aliphatic hydroxyl groups excluding tert-OH is 1. The molecule has 0 aromatic heterocycles. The van der Waals surface area contributed by atoms with E-state index in [0.717, 1.165) is 0 Å². The number of nitrogens with one attached hydrogen (secondary N) is 1. The Balaban J connectivity index is 2.60. The van der Waals surface area contributed by atoms with Crippen molar-refractivity contribution in [3.63, 3.8) is 0 Å². The summed E-state index contributed by atoms with van der Waals surface area (Å²) in [6.07, 6.45) is 0.628. The number of benzene rings is 1. The number of hydrogen-bond acceptors (Lipinski definition) is 2. The summed E-state index contributed by atoms with van der Waals surface area (Å²) in [6.45, 7) is 0.0785. The first-order valence-electron chi connectivity index (χ1n) is 3.77. The Morgan fingerprint density at radius 3 is 2.62 bits per heavy atom. The fourth-order valence-electron chi connectivity index (χ4n) is 0.941. The maximum absolute atomic E-state index is 12.4. The van der Waals surface area contributed by atoms with Crippen molar-refractivity contribution in [2.45, 2.75) is 6.10 Å². The zero-order chi connectivity index (χ0) is 9.68. The Morgan fingerprint density at radius 1 is 1.46 bits per heavy atom. The average molecular weight is 182 g/mol. The summed E-state index contributed by atoms with van der Waals surface area (Å²) in [5.74, 6) is -0.356. The van der Waals surface area contributed by atoms with Crippen molar-refractivity contribution >= 4 is 6.41 Å². The Morgan fingerprint density at radius 2 is 2.08 bits per heavy atom. The van der Waals surface area contributed by atoms with Gasteiger partial charge in [-0.05, 0) is 17.7 Å². The van der Waals surface area contributed by atoms with Gasteiger partial charge >= 0.3 is 6.41 Å². The monoisotopic (exact) mass is 182 g/mol. The van der Waals surface area contributed by atoms with Gasteiger partial charge in [0.2, 0.25) is 0 Å². The maximum Gasteiger partial charge on any atom is 0.309 e. The topological polar surface area (TPSA) is 49.3 Å². The van der Waals surface area contributed by atoms with Crippen LogP contribution in [0, 0.1) is 5.82 Å². The van der Waals surface area contributed by atoms with Gasteiger partial charge in [-0.2, -0.15) is 0 Å². The third-order valence-corrected chi connectivity index (χ3v) is 1.62. The molecule has 13 heavy (non-hydrogen) atoms. The molecule has 0 heterocycles. The Kier molecular flexibility index (Phi) is 3.40. The van der Waals surface area contributed by atoms with E-state index in [0.29, 0.717) is 5.56 Å². The zero-order valence-corrected chi connectivity index (χ0v) is 6.83. The SMILES string of the molecule is O=[C]NCC(O)c1ccc(F)cc1. The van der Waals surface area contributed by atoms with E-state index in [9.17, 15) is 14.3 Å². The van der Waals surface area contributed by atoms with Crippen LogP contribution in [0.1, 0.15) is 11.7 Å². The molecule has 0 bridgehead atoms. The van der Waals surface area contributed by atoms with Gasteiger partial charge in [-0.15, -0.1) is 0 Å². The van der Waals surface area contributed by atoms with E-state index in [1.165, 1.54) is 30.7 Å². The van der Waals surface area contributed by atoms with Gasteiger partial charge in [0.1, 0.15) is 5.82 Å². The summed E-state index contributed by atoms with van der Waals surface area (Å²) in [7, 11) is 0. The van der Waals surface area contributed by atoms with E-state index in [2.05, 4.69) is 5.32 Å². The fourth-order valence-corrected chi connectivity index (χ4v) is 0.941. The van der Waals surface area contributed by atoms with Crippen molar-refractivity contribution in [1.82, 2.24) is 5.32 Å². The number of amides is 1. The van der Waals surface area contributed by atoms with Crippen LogP contribution in [0.15, 0.2) is 24.3 Å². The van der Waals surface area contributed by atoms with Gasteiger partial charge in [-0.3, -0.25) is 4.79 Å². The lowest BCUT2D eigenvalue weighted by Gasteiger charge is -2.08. The van der Waals surface area contributed by atoms with E-state index in [1.54, 1.807) is 0 Å². The highest BCUT2D eigenvalue weighted by molar-refractivity contribution is 5.47. The molecule has 1 unspecified atom stereocenters. The zero-order valence-electron chi connectivity index (χ0n) is 6.83. The van der Waals surface area contributed by atoms with E-state index in [4.69, 9.17) is 0 Å². The van der Waals surface area contributed by atoms with Crippen LogP contribution in [0.2, 0.25) is 0 Å². The predicted octanol–water partition coefficient (Wildman–Crippen LogP) is 0.516. The summed E-state index contributed by atoms with van der Waals surface area (Å²) in [6, 6.07) is 5.44. The summed E-state index contributed by atoms with van der Waals surface area (Å²) in [4.78, 5) is 9.79. The number of hydrogen-bond donors (Lipinski definition) is 2. The molecular weight excluding hydrogens is 173 g/mol. The second-order valence-electron chi connectivity index (χ2n) is 2.55. The van der Waals surface area contributed by atoms with Crippen LogP contribution in [-0.2, 0) is 4.79 Å². The minimum absolute atomic E-state index is 0.0785. The minimum Gasteiger partial charge on any atom is -0.387 e. The van der Waals surface area contributed by atoms with Gasteiger partial charge in [0, 0.05) is 6.54 Å². The van der Waals surface area contributed by atoms with Crippen LogP contribution in [0.3, 0.4) is 0 Å². The van der Waals surface area contributed by atoms with Crippen molar-refractivity contribution < 1.29 is 14.3 Å². The first-order valence-corrected chi connectivity index (χ1v) is 3.77. The number of aliphatic hydroxyl groups is 1. The Bertz CT molecular complexity index is 273. The molecule has 1 amide bonds. The molecule has 1 atom stereocenters. The lowest BCUT2D eigenvalue weighted by atomic mass is 10.1. The average Bonchev–Trinajstić information content (AvgIpc) is 2.15. The second-order valence-corrected chi connectivity index (χ2v) is 2.55. The van der Waals surface area contributed by atoms with E-state index < -0.39 is 6.10 Å². The van der Waals surface area contributed by atoms with Crippen LogP contribution in [0.5, 0.6) is 0 Å². The number of halogens is 1. The molecule has 0 fully saturated rings. The lowest BCUT2D eigenvalue weighted by molar-refractivity contribution is 0.180. The number of rotatable bonds is 4. The molecule has 1 radical (unpaired) electrons. The highest BCUT2D eigenvalue weighted by atomic mass is 19.1. The third-order valence-electron chi connectivity index (χ3n) is 1.62. The lowest BCUT2D eigenvalue weighted by Crippen LogP contribution is -2.19. The third kappa shape index (κ3) is 2.83. The molecule has 1 aromatic carbocycles. The minimum atomic E-state index is -0.818. The molecule has 3 nitrogen and oxygen atoms in total. The molecular formula is C9H9FNO2. The van der Waals surface area contributed by atoms with Crippen molar-refractivity contribution in [3.05, 3.63) is 35.6 Å². The van der Waals surface area contributed by atoms with Crippen LogP contribution in [0.4, 0.5) is 4.39 Å². The first kappa shape index (κ1) is 9.67. The highest BCUT2D eigenvalue weighted by Gasteiger charge is 2.05. The summed E-state index contributed by atoms with van der Waals surface area (Å²) in [5, 5.41) is 11.6. The van der Waals surface area contributed by atoms with Crippen molar-refractivity contribution in [2.24, 2.45) is 0 Å². The second kappa shape index (κ2) is 4.57. The molecule has 1 rings (SSSR count). The Labute approximate surface area is 75.2 Å². The van der Waals surface area contributed by atoms with Crippen molar-refractivity contribution in [3.8, 4) is 0 Å². The first-order chi connectivity index (χ1) is 6.24. The number of carbonyl (C=O) groups excluding carboxylic acids is 1. The van der Waals surface area contributed by atoms with Crippen LogP contribution < -0.4 is 5.32 Å². The molecule has 4 heteroatoms. The quantitative estimate of drug-likeness (QED) is 0.667. The Hall–Kier alpha value is -1.42.